The number of hydrogen-bond acceptors (Lipinski definition) is 4. The lowest BCUT2D eigenvalue weighted by Gasteiger charge is -2.25. The third-order valence-corrected chi connectivity index (χ3v) is 11.8. The minimum absolute atomic E-state index is 0.0521. The van der Waals surface area contributed by atoms with Gasteiger partial charge in [0.25, 0.3) is 10.5 Å². The Kier molecular flexibility index (Phi) is 6.38. The van der Waals surface area contributed by atoms with Crippen LogP contribution in [0.15, 0.2) is 131 Å². The topological polar surface area (TPSA) is 60.2 Å². The van der Waals surface area contributed by atoms with Crippen molar-refractivity contribution in [2.75, 3.05) is 0 Å². The van der Waals surface area contributed by atoms with E-state index in [-0.39, 0.29) is 10.8 Å². The number of aromatic nitrogens is 1. The first kappa shape index (κ1) is 23.2. The van der Waals surface area contributed by atoms with E-state index >= 15 is 0 Å². The highest BCUT2D eigenvalue weighted by Gasteiger charge is 2.54. The van der Waals surface area contributed by atoms with Crippen LogP contribution in [0.1, 0.15) is 11.5 Å². The molecule has 4 nitrogen and oxygen atoms in total. The summed E-state index contributed by atoms with van der Waals surface area (Å²) in [6, 6.07) is 39.4. The second-order valence-electron chi connectivity index (χ2n) is 8.27. The van der Waals surface area contributed by atoms with E-state index in [4.69, 9.17) is 9.40 Å². The van der Waals surface area contributed by atoms with E-state index < -0.39 is 17.1 Å². The van der Waals surface area contributed by atoms with Gasteiger partial charge in [0, 0.05) is 6.92 Å². The number of rotatable bonds is 7. The normalized spacial score (nSPS) is 11.9. The van der Waals surface area contributed by atoms with Gasteiger partial charge in [0.2, 0.25) is 9.84 Å². The predicted molar refractivity (Wildman–Crippen MR) is 143 cm³/mol. The average Bonchev–Trinajstić information content (AvgIpc) is 3.30. The average molecular weight is 499 g/mol. The van der Waals surface area contributed by atoms with Gasteiger partial charge in [-0.15, -0.1) is 0 Å². The van der Waals surface area contributed by atoms with Gasteiger partial charge < -0.3 is 4.42 Å². The lowest BCUT2D eigenvalue weighted by Crippen LogP contribution is -2.41. The van der Waals surface area contributed by atoms with Gasteiger partial charge in [-0.1, -0.05) is 84.9 Å². The molecule has 0 aliphatic heterocycles. The standard InChI is InChI=1S/C29H25NO3PS/c1-23-30-28(29(33-23)35(31,32)22-24-14-6-2-7-15-24)34(25-16-8-3-9-17-25,26-18-10-4-11-19-26)27-20-12-5-13-21-27/h2-21H,22H2,1H3/q+1. The van der Waals surface area contributed by atoms with Crippen molar-refractivity contribution in [3.63, 3.8) is 0 Å². The first-order valence-electron chi connectivity index (χ1n) is 11.3. The van der Waals surface area contributed by atoms with Crippen LogP contribution in [-0.4, -0.2) is 13.4 Å². The van der Waals surface area contributed by atoms with Crippen LogP contribution in [0.4, 0.5) is 0 Å². The molecule has 35 heavy (non-hydrogen) atoms. The Morgan fingerprint density at radius 3 is 1.49 bits per heavy atom. The fourth-order valence-corrected chi connectivity index (χ4v) is 10.7. The molecule has 0 atom stereocenters. The maximum Gasteiger partial charge on any atom is 0.283 e. The first-order chi connectivity index (χ1) is 17.0. The van der Waals surface area contributed by atoms with Crippen molar-refractivity contribution in [1.29, 1.82) is 0 Å². The van der Waals surface area contributed by atoms with E-state index in [1.807, 2.05) is 84.9 Å². The maximum atomic E-state index is 13.9. The van der Waals surface area contributed by atoms with E-state index in [1.165, 1.54) is 0 Å². The summed E-state index contributed by atoms with van der Waals surface area (Å²) in [6.45, 7) is 1.71. The van der Waals surface area contributed by atoms with Gasteiger partial charge in [0.1, 0.15) is 15.9 Å². The van der Waals surface area contributed by atoms with Crippen LogP contribution in [0, 0.1) is 6.92 Å². The van der Waals surface area contributed by atoms with Crippen molar-refractivity contribution < 1.29 is 12.8 Å². The van der Waals surface area contributed by atoms with Crippen molar-refractivity contribution >= 4 is 38.4 Å². The van der Waals surface area contributed by atoms with E-state index in [0.717, 1.165) is 15.9 Å². The molecule has 6 heteroatoms. The van der Waals surface area contributed by atoms with Crippen LogP contribution in [0.5, 0.6) is 0 Å². The number of sulfone groups is 1. The van der Waals surface area contributed by atoms with Gasteiger partial charge in [0.15, 0.2) is 13.2 Å². The quantitative estimate of drug-likeness (QED) is 0.308. The van der Waals surface area contributed by atoms with Crippen LogP contribution in [0.3, 0.4) is 0 Å². The Balaban J connectivity index is 1.85. The summed E-state index contributed by atoms with van der Waals surface area (Å²) in [5.41, 5.74) is 1.19. The van der Waals surface area contributed by atoms with Gasteiger partial charge in [-0.25, -0.2) is 8.42 Å². The van der Waals surface area contributed by atoms with Crippen LogP contribution < -0.4 is 21.3 Å². The van der Waals surface area contributed by atoms with Gasteiger partial charge in [-0.2, -0.15) is 4.98 Å². The van der Waals surface area contributed by atoms with E-state index in [2.05, 4.69) is 36.4 Å². The molecule has 4 aromatic carbocycles. The van der Waals surface area contributed by atoms with Crippen molar-refractivity contribution in [3.8, 4) is 0 Å². The Hall–Kier alpha value is -3.53. The molecule has 0 spiro atoms. The van der Waals surface area contributed by atoms with Gasteiger partial charge >= 0.3 is 0 Å². The summed E-state index contributed by atoms with van der Waals surface area (Å²) < 4.78 is 33.7. The molecular weight excluding hydrogens is 473 g/mol. The summed E-state index contributed by atoms with van der Waals surface area (Å²) in [5, 5.41) is 2.99. The smallest absolute Gasteiger partial charge is 0.283 e. The minimum Gasteiger partial charge on any atom is -0.426 e. The fourth-order valence-electron chi connectivity index (χ4n) is 4.44. The van der Waals surface area contributed by atoms with Crippen LogP contribution >= 0.6 is 7.26 Å². The number of benzene rings is 4. The largest absolute Gasteiger partial charge is 0.426 e. The van der Waals surface area contributed by atoms with Crippen LogP contribution in [0.25, 0.3) is 0 Å². The highest BCUT2D eigenvalue weighted by molar-refractivity contribution is 8.02. The highest BCUT2D eigenvalue weighted by atomic mass is 32.2. The monoisotopic (exact) mass is 498 g/mol. The molecular formula is C29H25NO3PS+. The molecule has 0 saturated carbocycles. The molecule has 0 bridgehead atoms. The minimum atomic E-state index is -3.83. The number of aryl methyl sites for hydroxylation is 1. The Morgan fingerprint density at radius 2 is 1.06 bits per heavy atom. The highest BCUT2D eigenvalue weighted by Crippen LogP contribution is 2.55. The zero-order valence-electron chi connectivity index (χ0n) is 19.3. The second-order valence-corrected chi connectivity index (χ2v) is 13.5. The molecule has 5 aromatic rings. The van der Waals surface area contributed by atoms with Crippen molar-refractivity contribution in [2.24, 2.45) is 0 Å². The Bertz CT molecular complexity index is 1420. The zero-order valence-corrected chi connectivity index (χ0v) is 21.0. The fraction of sp³-hybridized carbons (Fsp3) is 0.0690. The van der Waals surface area contributed by atoms with Crippen molar-refractivity contribution in [1.82, 2.24) is 4.98 Å². The number of hydrogen-bond donors (Lipinski definition) is 0. The predicted octanol–water partition coefficient (Wildman–Crippen LogP) is 4.58. The molecule has 1 heterocycles. The maximum absolute atomic E-state index is 13.9. The van der Waals surface area contributed by atoms with Gasteiger partial charge in [0.05, 0.1) is 5.75 Å². The molecule has 0 fully saturated rings. The first-order valence-corrected chi connectivity index (χ1v) is 14.8. The van der Waals surface area contributed by atoms with Crippen LogP contribution in [-0.2, 0) is 15.6 Å². The van der Waals surface area contributed by atoms with Gasteiger partial charge in [-0.05, 0) is 42.0 Å². The second kappa shape index (κ2) is 9.61. The lowest BCUT2D eigenvalue weighted by atomic mass is 10.2. The Labute approximate surface area is 206 Å². The summed E-state index contributed by atoms with van der Waals surface area (Å²) in [6.07, 6.45) is 0. The number of nitrogens with zero attached hydrogens (tertiary/aromatic N) is 1. The molecule has 0 N–H and O–H groups in total. The summed E-state index contributed by atoms with van der Waals surface area (Å²) in [5.74, 6) is 0.173. The lowest BCUT2D eigenvalue weighted by molar-refractivity contribution is 0.425. The molecule has 0 saturated heterocycles. The van der Waals surface area contributed by atoms with E-state index in [0.29, 0.717) is 16.9 Å². The Morgan fingerprint density at radius 1 is 0.657 bits per heavy atom. The number of oxazole rings is 1. The van der Waals surface area contributed by atoms with E-state index in [9.17, 15) is 8.42 Å². The molecule has 0 radical (unpaired) electrons. The molecule has 0 aliphatic carbocycles. The third-order valence-electron chi connectivity index (χ3n) is 5.92. The molecule has 174 valence electrons. The van der Waals surface area contributed by atoms with Crippen LogP contribution in [0.2, 0.25) is 0 Å². The van der Waals surface area contributed by atoms with Gasteiger partial charge in [-0.3, -0.25) is 0 Å². The molecule has 0 amide bonds. The van der Waals surface area contributed by atoms with Crippen molar-refractivity contribution in [2.45, 2.75) is 17.8 Å². The van der Waals surface area contributed by atoms with Crippen molar-refractivity contribution in [3.05, 3.63) is 133 Å². The summed E-state index contributed by atoms with van der Waals surface area (Å²) in [7, 11) is -6.54. The summed E-state index contributed by atoms with van der Waals surface area (Å²) in [4.78, 5) is 4.82. The summed E-state index contributed by atoms with van der Waals surface area (Å²) >= 11 is 0. The molecule has 0 unspecified atom stereocenters. The zero-order chi connectivity index (χ0) is 24.3. The third kappa shape index (κ3) is 4.34. The molecule has 1 aromatic heterocycles. The van der Waals surface area contributed by atoms with E-state index in [1.54, 1.807) is 6.92 Å². The molecule has 5 rings (SSSR count). The molecule has 0 aliphatic rings. The SMILES string of the molecule is Cc1nc([P+](c2ccccc2)(c2ccccc2)c2ccccc2)c(S(=O)(=O)Cc2ccccc2)o1.